The van der Waals surface area contributed by atoms with Gasteiger partial charge in [-0.25, -0.2) is 0 Å². The van der Waals surface area contributed by atoms with Crippen LogP contribution in [0.2, 0.25) is 0 Å². The Bertz CT molecular complexity index is 981. The molecule has 2 nitrogen and oxygen atoms in total. The molecule has 1 N–H and O–H groups in total. The molecule has 0 heterocycles. The first-order valence-electron chi connectivity index (χ1n) is 13.2. The van der Waals surface area contributed by atoms with Gasteiger partial charge < -0.3 is 5.32 Å². The number of rotatable bonds is 13. The molecular formula is C32H40BrNO. The van der Waals surface area contributed by atoms with Crippen LogP contribution in [0.4, 0.5) is 0 Å². The van der Waals surface area contributed by atoms with Crippen LogP contribution >= 0.6 is 15.9 Å². The summed E-state index contributed by atoms with van der Waals surface area (Å²) in [7, 11) is 0. The highest BCUT2D eigenvalue weighted by Gasteiger charge is 2.16. The molecule has 2 aromatic rings. The molecule has 1 aliphatic rings. The normalized spacial score (nSPS) is 16.7. The van der Waals surface area contributed by atoms with Gasteiger partial charge in [0.1, 0.15) is 0 Å². The Morgan fingerprint density at radius 3 is 2.31 bits per heavy atom. The zero-order valence-electron chi connectivity index (χ0n) is 21.1. The zero-order chi connectivity index (χ0) is 24.7. The van der Waals surface area contributed by atoms with E-state index >= 15 is 0 Å². The van der Waals surface area contributed by atoms with Crippen molar-refractivity contribution < 1.29 is 4.79 Å². The Labute approximate surface area is 220 Å². The van der Waals surface area contributed by atoms with E-state index in [0.29, 0.717) is 4.48 Å². The van der Waals surface area contributed by atoms with Gasteiger partial charge in [-0.1, -0.05) is 84.8 Å². The van der Waals surface area contributed by atoms with Gasteiger partial charge in [0.2, 0.25) is 0 Å². The summed E-state index contributed by atoms with van der Waals surface area (Å²) in [6, 6.07) is 21.1. The predicted octanol–water partition coefficient (Wildman–Crippen LogP) is 8.49. The van der Waals surface area contributed by atoms with Gasteiger partial charge in [0.05, 0.1) is 4.48 Å². The molecule has 0 aliphatic heterocycles. The molecule has 0 aromatic heterocycles. The number of carbonyl (C=O) groups is 1. The van der Waals surface area contributed by atoms with Crippen molar-refractivity contribution in [3.63, 3.8) is 0 Å². The van der Waals surface area contributed by atoms with E-state index in [1.165, 1.54) is 56.1 Å². The standard InChI is InChI=1S/C32H40BrNO/c1-2-34-30(32(33)31(35)21-11-19-27-14-7-4-8-15-27)20-10-18-29-24-22-28(23-25-29)17-9-16-26-12-5-3-6-13-26/h3-8,11-15,18,21,28,34H,2,9-10,16-17,19-20,22-25H2,1H3/b21-11+,29-18?,32-30+. The van der Waals surface area contributed by atoms with Crippen LogP contribution in [0.5, 0.6) is 0 Å². The van der Waals surface area contributed by atoms with Crippen molar-refractivity contribution in [1.29, 1.82) is 0 Å². The molecule has 3 rings (SSSR count). The van der Waals surface area contributed by atoms with Crippen molar-refractivity contribution in [2.24, 2.45) is 5.92 Å². The first kappa shape index (κ1) is 27.2. The minimum atomic E-state index is 0.0283. The number of aryl methyl sites for hydroxylation is 1. The van der Waals surface area contributed by atoms with E-state index in [0.717, 1.165) is 37.4 Å². The Hall–Kier alpha value is -2.39. The van der Waals surface area contributed by atoms with Crippen LogP contribution in [0.15, 0.2) is 94.6 Å². The maximum atomic E-state index is 12.7. The first-order chi connectivity index (χ1) is 17.2. The lowest BCUT2D eigenvalue weighted by atomic mass is 9.82. The summed E-state index contributed by atoms with van der Waals surface area (Å²) in [4.78, 5) is 12.7. The largest absolute Gasteiger partial charge is 0.388 e. The lowest BCUT2D eigenvalue weighted by molar-refractivity contribution is -0.110. The molecule has 1 aliphatic carbocycles. The van der Waals surface area contributed by atoms with E-state index in [9.17, 15) is 4.79 Å². The van der Waals surface area contributed by atoms with Crippen molar-refractivity contribution in [3.05, 3.63) is 106 Å². The number of hydrogen-bond acceptors (Lipinski definition) is 2. The molecule has 0 bridgehead atoms. The lowest BCUT2D eigenvalue weighted by Crippen LogP contribution is -2.15. The van der Waals surface area contributed by atoms with Gasteiger partial charge in [-0.2, -0.15) is 0 Å². The molecule has 0 radical (unpaired) electrons. The summed E-state index contributed by atoms with van der Waals surface area (Å²) in [6.45, 7) is 2.89. The highest BCUT2D eigenvalue weighted by atomic mass is 79.9. The van der Waals surface area contributed by atoms with E-state index in [4.69, 9.17) is 0 Å². The molecule has 0 unspecified atom stereocenters. The molecule has 0 atom stereocenters. The first-order valence-corrected chi connectivity index (χ1v) is 14.0. The second-order valence-electron chi connectivity index (χ2n) is 9.50. The molecule has 0 saturated heterocycles. The highest BCUT2D eigenvalue weighted by molar-refractivity contribution is 9.12. The summed E-state index contributed by atoms with van der Waals surface area (Å²) >= 11 is 3.57. The Kier molecular flexibility index (Phi) is 12.1. The number of nitrogens with one attached hydrogen (secondary N) is 1. The summed E-state index contributed by atoms with van der Waals surface area (Å²) in [5, 5.41) is 3.40. The van der Waals surface area contributed by atoms with Gasteiger partial charge in [0.25, 0.3) is 0 Å². The van der Waals surface area contributed by atoms with Crippen LogP contribution in [0.25, 0.3) is 0 Å². The molecule has 3 heteroatoms. The van der Waals surface area contributed by atoms with Gasteiger partial charge in [0, 0.05) is 12.2 Å². The fourth-order valence-electron chi connectivity index (χ4n) is 4.83. The second kappa shape index (κ2) is 15.6. The maximum Gasteiger partial charge on any atom is 0.194 e. The molecule has 35 heavy (non-hydrogen) atoms. The van der Waals surface area contributed by atoms with Crippen LogP contribution in [0.3, 0.4) is 0 Å². The maximum absolute atomic E-state index is 12.7. The van der Waals surface area contributed by atoms with Crippen molar-refractivity contribution in [3.8, 4) is 0 Å². The summed E-state index contributed by atoms with van der Waals surface area (Å²) in [5.41, 5.74) is 5.28. The van der Waals surface area contributed by atoms with Crippen LogP contribution < -0.4 is 5.32 Å². The minimum Gasteiger partial charge on any atom is -0.388 e. The molecule has 186 valence electrons. The zero-order valence-corrected chi connectivity index (χ0v) is 22.7. The monoisotopic (exact) mass is 533 g/mol. The number of halogens is 1. The average Bonchev–Trinajstić information content (AvgIpc) is 2.90. The number of hydrogen-bond donors (Lipinski definition) is 1. The number of carbonyl (C=O) groups excluding carboxylic acids is 1. The van der Waals surface area contributed by atoms with Gasteiger partial charge >= 0.3 is 0 Å². The predicted molar refractivity (Wildman–Crippen MR) is 153 cm³/mol. The van der Waals surface area contributed by atoms with Crippen LogP contribution in [-0.4, -0.2) is 12.3 Å². The van der Waals surface area contributed by atoms with E-state index < -0.39 is 0 Å². The minimum absolute atomic E-state index is 0.0283. The number of allylic oxidation sites excluding steroid dienone is 6. The fourth-order valence-corrected chi connectivity index (χ4v) is 5.30. The third-order valence-corrected chi connectivity index (χ3v) is 7.70. The number of ketones is 1. The second-order valence-corrected chi connectivity index (χ2v) is 10.3. The van der Waals surface area contributed by atoms with E-state index in [2.05, 4.69) is 76.7 Å². The third kappa shape index (κ3) is 10.0. The van der Waals surface area contributed by atoms with Crippen molar-refractivity contribution in [2.45, 2.75) is 71.1 Å². The summed E-state index contributed by atoms with van der Waals surface area (Å²) < 4.78 is 0.657. The van der Waals surface area contributed by atoms with Gasteiger partial charge in [0.15, 0.2) is 5.78 Å². The van der Waals surface area contributed by atoms with Crippen molar-refractivity contribution in [1.82, 2.24) is 5.32 Å². The van der Waals surface area contributed by atoms with Crippen LogP contribution in [0.1, 0.15) is 69.4 Å². The number of benzene rings is 2. The van der Waals surface area contributed by atoms with Crippen LogP contribution in [-0.2, 0) is 17.6 Å². The third-order valence-electron chi connectivity index (χ3n) is 6.83. The Morgan fingerprint density at radius 2 is 1.66 bits per heavy atom. The van der Waals surface area contributed by atoms with Crippen LogP contribution in [0, 0.1) is 5.92 Å². The molecule has 1 fully saturated rings. The van der Waals surface area contributed by atoms with Gasteiger partial charge in [-0.15, -0.1) is 0 Å². The highest BCUT2D eigenvalue weighted by Crippen LogP contribution is 2.32. The molecule has 2 aromatic carbocycles. The van der Waals surface area contributed by atoms with Crippen molar-refractivity contribution in [2.75, 3.05) is 6.54 Å². The Morgan fingerprint density at radius 1 is 1.00 bits per heavy atom. The lowest BCUT2D eigenvalue weighted by Gasteiger charge is -2.24. The topological polar surface area (TPSA) is 29.1 Å². The Balaban J connectivity index is 1.41. The quantitative estimate of drug-likeness (QED) is 0.206. The average molecular weight is 535 g/mol. The SMILES string of the molecule is CCN/C(CCC=C1CCC(CCCc2ccccc2)CC1)=C(/Br)C(=O)/C=C/Cc1ccccc1. The smallest absolute Gasteiger partial charge is 0.194 e. The van der Waals surface area contributed by atoms with Gasteiger partial charge in [-0.05, 0) is 104 Å². The van der Waals surface area contributed by atoms with E-state index in [1.54, 1.807) is 11.6 Å². The summed E-state index contributed by atoms with van der Waals surface area (Å²) in [6.07, 6.45) is 17.6. The van der Waals surface area contributed by atoms with Gasteiger partial charge in [-0.3, -0.25) is 4.79 Å². The summed E-state index contributed by atoms with van der Waals surface area (Å²) in [5.74, 6) is 0.906. The van der Waals surface area contributed by atoms with E-state index in [-0.39, 0.29) is 5.78 Å². The van der Waals surface area contributed by atoms with Crippen molar-refractivity contribution >= 4 is 21.7 Å². The molecule has 0 spiro atoms. The molecule has 1 saturated carbocycles. The fraction of sp³-hybridized carbons (Fsp3) is 0.406. The molecule has 0 amide bonds. The van der Waals surface area contributed by atoms with E-state index in [1.807, 2.05) is 24.3 Å². The molecular weight excluding hydrogens is 494 g/mol.